The smallest absolute Gasteiger partial charge is 0.122 e. The fraction of sp³-hybridized carbons (Fsp3) is 0.357. The summed E-state index contributed by atoms with van der Waals surface area (Å²) in [5, 5.41) is 15.8. The molecule has 0 radical (unpaired) electrons. The van der Waals surface area contributed by atoms with Gasteiger partial charge in [0.05, 0.1) is 30.1 Å². The average Bonchev–Trinajstić information content (AvgIpc) is 2.77. The third-order valence-corrected chi connectivity index (χ3v) is 3.65. The zero-order valence-corrected chi connectivity index (χ0v) is 12.8. The van der Waals surface area contributed by atoms with E-state index in [0.717, 1.165) is 11.1 Å². The fourth-order valence-electron chi connectivity index (χ4n) is 2.09. The van der Waals surface area contributed by atoms with Gasteiger partial charge in [0.2, 0.25) is 0 Å². The van der Waals surface area contributed by atoms with Crippen LogP contribution in [-0.4, -0.2) is 28.6 Å². The van der Waals surface area contributed by atoms with Crippen molar-refractivity contribution in [3.05, 3.63) is 51.3 Å². The molecule has 0 fully saturated rings. The van der Waals surface area contributed by atoms with E-state index >= 15 is 0 Å². The van der Waals surface area contributed by atoms with E-state index in [1.165, 1.54) is 6.20 Å². The Labute approximate surface area is 127 Å². The number of methoxy groups -OCH3 is 1. The lowest BCUT2D eigenvalue weighted by Gasteiger charge is -2.16. The van der Waals surface area contributed by atoms with Gasteiger partial charge in [-0.3, -0.25) is 4.68 Å². The summed E-state index contributed by atoms with van der Waals surface area (Å²) in [6.07, 6.45) is 0.681. The lowest BCUT2D eigenvalue weighted by Crippen LogP contribution is -2.14. The quantitative estimate of drug-likeness (QED) is 0.921. The summed E-state index contributed by atoms with van der Waals surface area (Å²) in [5.74, 6) is 0. The first-order valence-electron chi connectivity index (χ1n) is 6.19. The van der Waals surface area contributed by atoms with Crippen LogP contribution in [0, 0.1) is 6.92 Å². The Kier molecular flexibility index (Phi) is 5.05. The molecule has 0 bridgehead atoms. The highest BCUT2D eigenvalue weighted by Crippen LogP contribution is 2.31. The second-order valence-electron chi connectivity index (χ2n) is 4.50. The van der Waals surface area contributed by atoms with E-state index in [0.29, 0.717) is 28.9 Å². The molecule has 1 aromatic heterocycles. The molecule has 0 saturated heterocycles. The minimum Gasteiger partial charge on any atom is -0.383 e. The molecule has 6 heteroatoms. The second-order valence-corrected chi connectivity index (χ2v) is 5.34. The van der Waals surface area contributed by atoms with Crippen LogP contribution in [0.15, 0.2) is 24.4 Å². The van der Waals surface area contributed by atoms with Crippen LogP contribution in [0.4, 0.5) is 0 Å². The molecule has 1 atom stereocenters. The lowest BCUT2D eigenvalue weighted by molar-refractivity contribution is 0.171. The molecule has 1 N–H and O–H groups in total. The molecule has 108 valence electrons. The van der Waals surface area contributed by atoms with Crippen molar-refractivity contribution in [2.75, 3.05) is 13.7 Å². The highest BCUT2D eigenvalue weighted by Gasteiger charge is 2.21. The van der Waals surface area contributed by atoms with E-state index in [1.54, 1.807) is 23.9 Å². The van der Waals surface area contributed by atoms with Gasteiger partial charge >= 0.3 is 0 Å². The molecule has 20 heavy (non-hydrogen) atoms. The molecular formula is C14H16Cl2N2O2. The number of rotatable bonds is 5. The monoisotopic (exact) mass is 314 g/mol. The van der Waals surface area contributed by atoms with Crippen molar-refractivity contribution in [1.29, 1.82) is 0 Å². The maximum absolute atomic E-state index is 10.6. The topological polar surface area (TPSA) is 47.3 Å². The van der Waals surface area contributed by atoms with Crippen LogP contribution in [0.5, 0.6) is 0 Å². The standard InChI is InChI=1S/C14H16Cl2N2O2/c1-9-7-10(15)3-4-11(9)14(19)13-12(16)8-17-18(13)5-6-20-2/h3-4,7-8,14,19H,5-6H2,1-2H3. The molecule has 2 rings (SSSR count). The Hall–Kier alpha value is -1.07. The molecule has 0 amide bonds. The van der Waals surface area contributed by atoms with Crippen molar-refractivity contribution in [1.82, 2.24) is 9.78 Å². The van der Waals surface area contributed by atoms with Crippen LogP contribution >= 0.6 is 23.2 Å². The Balaban J connectivity index is 2.37. The van der Waals surface area contributed by atoms with Crippen LogP contribution in [0.1, 0.15) is 22.9 Å². The number of aromatic nitrogens is 2. The molecule has 0 spiro atoms. The minimum atomic E-state index is -0.848. The first kappa shape index (κ1) is 15.3. The number of aryl methyl sites for hydroxylation is 1. The van der Waals surface area contributed by atoms with Gasteiger partial charge in [-0.2, -0.15) is 5.10 Å². The number of aliphatic hydroxyl groups excluding tert-OH is 1. The average molecular weight is 315 g/mol. The van der Waals surface area contributed by atoms with Gasteiger partial charge in [0, 0.05) is 12.1 Å². The summed E-state index contributed by atoms with van der Waals surface area (Å²) in [7, 11) is 1.62. The molecule has 1 aromatic carbocycles. The summed E-state index contributed by atoms with van der Waals surface area (Å²) < 4.78 is 6.69. The third-order valence-electron chi connectivity index (χ3n) is 3.13. The van der Waals surface area contributed by atoms with Gasteiger partial charge in [-0.15, -0.1) is 0 Å². The van der Waals surface area contributed by atoms with Crippen molar-refractivity contribution in [2.24, 2.45) is 0 Å². The van der Waals surface area contributed by atoms with Crippen molar-refractivity contribution in [3.8, 4) is 0 Å². The van der Waals surface area contributed by atoms with E-state index in [-0.39, 0.29) is 0 Å². The van der Waals surface area contributed by atoms with Crippen LogP contribution in [0.25, 0.3) is 0 Å². The van der Waals surface area contributed by atoms with Crippen LogP contribution in [0.3, 0.4) is 0 Å². The van der Waals surface area contributed by atoms with E-state index in [9.17, 15) is 5.11 Å². The first-order chi connectivity index (χ1) is 9.54. The lowest BCUT2D eigenvalue weighted by atomic mass is 10.0. The Morgan fingerprint density at radius 1 is 1.40 bits per heavy atom. The number of hydrogen-bond acceptors (Lipinski definition) is 3. The molecule has 4 nitrogen and oxygen atoms in total. The van der Waals surface area contributed by atoms with Gasteiger partial charge in [0.15, 0.2) is 0 Å². The Bertz CT molecular complexity index is 599. The zero-order valence-electron chi connectivity index (χ0n) is 11.3. The van der Waals surface area contributed by atoms with Crippen LogP contribution < -0.4 is 0 Å². The summed E-state index contributed by atoms with van der Waals surface area (Å²) >= 11 is 12.1. The van der Waals surface area contributed by atoms with E-state index < -0.39 is 6.10 Å². The molecule has 0 aliphatic heterocycles. The molecular weight excluding hydrogens is 299 g/mol. The normalized spacial score (nSPS) is 12.7. The van der Waals surface area contributed by atoms with Crippen molar-refractivity contribution >= 4 is 23.2 Å². The molecule has 0 aliphatic rings. The van der Waals surface area contributed by atoms with Gasteiger partial charge in [0.25, 0.3) is 0 Å². The Morgan fingerprint density at radius 3 is 2.80 bits per heavy atom. The van der Waals surface area contributed by atoms with Gasteiger partial charge in [-0.1, -0.05) is 29.3 Å². The van der Waals surface area contributed by atoms with E-state index in [4.69, 9.17) is 27.9 Å². The van der Waals surface area contributed by atoms with E-state index in [2.05, 4.69) is 5.10 Å². The number of hydrogen-bond donors (Lipinski definition) is 1. The zero-order chi connectivity index (χ0) is 14.7. The fourth-order valence-corrected chi connectivity index (χ4v) is 2.56. The third kappa shape index (κ3) is 3.15. The highest BCUT2D eigenvalue weighted by molar-refractivity contribution is 6.31. The van der Waals surface area contributed by atoms with Gasteiger partial charge in [-0.05, 0) is 30.2 Å². The first-order valence-corrected chi connectivity index (χ1v) is 6.94. The number of aliphatic hydroxyl groups is 1. The summed E-state index contributed by atoms with van der Waals surface area (Å²) in [4.78, 5) is 0. The highest BCUT2D eigenvalue weighted by atomic mass is 35.5. The number of benzene rings is 1. The molecule has 1 heterocycles. The number of nitrogens with zero attached hydrogens (tertiary/aromatic N) is 2. The van der Waals surface area contributed by atoms with Crippen molar-refractivity contribution in [3.63, 3.8) is 0 Å². The van der Waals surface area contributed by atoms with Crippen molar-refractivity contribution < 1.29 is 9.84 Å². The van der Waals surface area contributed by atoms with Crippen LogP contribution in [0.2, 0.25) is 10.0 Å². The molecule has 1 unspecified atom stereocenters. The largest absolute Gasteiger partial charge is 0.383 e. The summed E-state index contributed by atoms with van der Waals surface area (Å²) in [6.45, 7) is 2.92. The SMILES string of the molecule is COCCn1ncc(Cl)c1C(O)c1ccc(Cl)cc1C. The predicted molar refractivity (Wildman–Crippen MR) is 79.4 cm³/mol. The maximum Gasteiger partial charge on any atom is 0.122 e. The predicted octanol–water partition coefficient (Wildman–Crippen LogP) is 3.23. The van der Waals surface area contributed by atoms with E-state index in [1.807, 2.05) is 13.0 Å². The number of halogens is 2. The number of ether oxygens (including phenoxy) is 1. The molecule has 0 aliphatic carbocycles. The van der Waals surface area contributed by atoms with Gasteiger partial charge < -0.3 is 9.84 Å². The molecule has 0 saturated carbocycles. The van der Waals surface area contributed by atoms with Crippen molar-refractivity contribution in [2.45, 2.75) is 19.6 Å². The second kappa shape index (κ2) is 6.59. The summed E-state index contributed by atoms with van der Waals surface area (Å²) in [6, 6.07) is 5.35. The van der Waals surface area contributed by atoms with Gasteiger partial charge in [0.1, 0.15) is 6.10 Å². The van der Waals surface area contributed by atoms with Crippen LogP contribution in [-0.2, 0) is 11.3 Å². The molecule has 2 aromatic rings. The summed E-state index contributed by atoms with van der Waals surface area (Å²) in [5.41, 5.74) is 2.23. The Morgan fingerprint density at radius 2 is 2.15 bits per heavy atom. The minimum absolute atomic E-state index is 0.433. The van der Waals surface area contributed by atoms with Gasteiger partial charge in [-0.25, -0.2) is 0 Å². The maximum atomic E-state index is 10.6.